The topological polar surface area (TPSA) is 56.2 Å². The predicted octanol–water partition coefficient (Wildman–Crippen LogP) is 5.05. The van der Waals surface area contributed by atoms with Crippen LogP contribution in [0.5, 0.6) is 0 Å². The Labute approximate surface area is 209 Å². The SMILES string of the molecule is CC1=C(C(=O)N(C)C)C(c2ccc(Cl)cc2)N2C(CC(=O)N(C)Cc3ccccc3)=CSC2=N1. The fraction of sp³-hybridized carbons (Fsp3) is 0.269. The normalized spacial score (nSPS) is 17.2. The second-order valence-electron chi connectivity index (χ2n) is 8.56. The van der Waals surface area contributed by atoms with Gasteiger partial charge in [0.05, 0.1) is 23.7 Å². The zero-order valence-electron chi connectivity index (χ0n) is 19.7. The Morgan fingerprint density at radius 2 is 1.74 bits per heavy atom. The highest BCUT2D eigenvalue weighted by atomic mass is 35.5. The summed E-state index contributed by atoms with van der Waals surface area (Å²) in [6.07, 6.45) is 0.210. The molecule has 0 aromatic heterocycles. The molecule has 6 nitrogen and oxygen atoms in total. The summed E-state index contributed by atoms with van der Waals surface area (Å²) in [4.78, 5) is 36.4. The Morgan fingerprint density at radius 3 is 2.38 bits per heavy atom. The summed E-state index contributed by atoms with van der Waals surface area (Å²) in [6, 6.07) is 17.0. The number of halogens is 1. The van der Waals surface area contributed by atoms with Gasteiger partial charge < -0.3 is 14.7 Å². The number of nitrogens with zero attached hydrogens (tertiary/aromatic N) is 4. The summed E-state index contributed by atoms with van der Waals surface area (Å²) in [5, 5.41) is 3.35. The van der Waals surface area contributed by atoms with Gasteiger partial charge in [-0.1, -0.05) is 65.8 Å². The van der Waals surface area contributed by atoms with E-state index in [1.165, 1.54) is 11.8 Å². The Kier molecular flexibility index (Phi) is 7.14. The number of rotatable bonds is 6. The van der Waals surface area contributed by atoms with Crippen LogP contribution in [-0.4, -0.2) is 52.8 Å². The number of amides is 2. The van der Waals surface area contributed by atoms with Gasteiger partial charge in [0.15, 0.2) is 5.17 Å². The largest absolute Gasteiger partial charge is 0.345 e. The first kappa shape index (κ1) is 24.1. The van der Waals surface area contributed by atoms with Crippen molar-refractivity contribution in [1.82, 2.24) is 14.7 Å². The van der Waals surface area contributed by atoms with Gasteiger partial charge in [0, 0.05) is 38.4 Å². The molecule has 34 heavy (non-hydrogen) atoms. The van der Waals surface area contributed by atoms with E-state index in [-0.39, 0.29) is 18.2 Å². The van der Waals surface area contributed by atoms with Crippen molar-refractivity contribution in [2.24, 2.45) is 4.99 Å². The third kappa shape index (κ3) is 4.91. The van der Waals surface area contributed by atoms with Gasteiger partial charge in [-0.25, -0.2) is 4.99 Å². The minimum absolute atomic E-state index is 0.00132. The van der Waals surface area contributed by atoms with Gasteiger partial charge in [-0.2, -0.15) is 0 Å². The van der Waals surface area contributed by atoms with Crippen molar-refractivity contribution in [3.8, 4) is 0 Å². The molecule has 8 heteroatoms. The molecule has 2 amide bonds. The molecule has 2 aliphatic rings. The lowest BCUT2D eigenvalue weighted by Crippen LogP contribution is -2.40. The van der Waals surface area contributed by atoms with Crippen LogP contribution in [-0.2, 0) is 16.1 Å². The second-order valence-corrected chi connectivity index (χ2v) is 9.83. The van der Waals surface area contributed by atoms with E-state index in [0.29, 0.717) is 22.8 Å². The van der Waals surface area contributed by atoms with Crippen LogP contribution in [0.1, 0.15) is 30.5 Å². The average Bonchev–Trinajstić information content (AvgIpc) is 3.20. The summed E-state index contributed by atoms with van der Waals surface area (Å²) in [6.45, 7) is 2.40. The highest BCUT2D eigenvalue weighted by molar-refractivity contribution is 8.16. The van der Waals surface area contributed by atoms with E-state index in [9.17, 15) is 9.59 Å². The van der Waals surface area contributed by atoms with Crippen LogP contribution in [0.2, 0.25) is 5.02 Å². The average molecular weight is 495 g/mol. The van der Waals surface area contributed by atoms with Gasteiger partial charge in [0.2, 0.25) is 5.91 Å². The van der Waals surface area contributed by atoms with Gasteiger partial charge in [0.25, 0.3) is 5.91 Å². The summed E-state index contributed by atoms with van der Waals surface area (Å²) >= 11 is 7.63. The molecule has 2 aromatic carbocycles. The highest BCUT2D eigenvalue weighted by Crippen LogP contribution is 2.45. The van der Waals surface area contributed by atoms with E-state index in [4.69, 9.17) is 16.6 Å². The molecule has 0 bridgehead atoms. The highest BCUT2D eigenvalue weighted by Gasteiger charge is 2.41. The molecule has 1 unspecified atom stereocenters. The molecular weight excluding hydrogens is 468 g/mol. The molecular formula is C26H27ClN4O2S. The van der Waals surface area contributed by atoms with Crippen LogP contribution >= 0.6 is 23.4 Å². The summed E-state index contributed by atoms with van der Waals surface area (Å²) in [5.74, 6) is -0.109. The van der Waals surface area contributed by atoms with Gasteiger partial charge in [-0.3, -0.25) is 9.59 Å². The maximum atomic E-state index is 13.2. The standard InChI is InChI=1S/C26H27ClN4O2S/c1-17-23(25(33)29(2)3)24(19-10-12-20(27)13-11-19)31-21(16-34-26(31)28-17)14-22(32)30(4)15-18-8-6-5-7-9-18/h5-13,16,24H,14-15H2,1-4H3. The summed E-state index contributed by atoms with van der Waals surface area (Å²) < 4.78 is 0. The van der Waals surface area contributed by atoms with Crippen LogP contribution in [0.25, 0.3) is 0 Å². The number of amidine groups is 1. The van der Waals surface area contributed by atoms with Crippen molar-refractivity contribution in [1.29, 1.82) is 0 Å². The van der Waals surface area contributed by atoms with E-state index in [0.717, 1.165) is 22.0 Å². The second kappa shape index (κ2) is 10.1. The molecule has 0 radical (unpaired) electrons. The molecule has 0 spiro atoms. The maximum Gasteiger partial charge on any atom is 0.253 e. The number of aliphatic imine (C=N–C) groups is 1. The van der Waals surface area contributed by atoms with Crippen LogP contribution in [0.3, 0.4) is 0 Å². The lowest BCUT2D eigenvalue weighted by Gasteiger charge is -2.37. The number of carbonyl (C=O) groups is 2. The van der Waals surface area contributed by atoms with Crippen molar-refractivity contribution >= 4 is 40.3 Å². The van der Waals surface area contributed by atoms with Crippen molar-refractivity contribution in [3.05, 3.63) is 93.1 Å². The first-order valence-corrected chi connectivity index (χ1v) is 12.2. The van der Waals surface area contributed by atoms with E-state index >= 15 is 0 Å². The van der Waals surface area contributed by atoms with E-state index in [2.05, 4.69) is 0 Å². The van der Waals surface area contributed by atoms with Gasteiger partial charge in [0.1, 0.15) is 0 Å². The number of benzene rings is 2. The Bertz CT molecular complexity index is 1190. The quantitative estimate of drug-likeness (QED) is 0.563. The third-order valence-corrected chi connectivity index (χ3v) is 6.98. The molecule has 0 fully saturated rings. The van der Waals surface area contributed by atoms with Gasteiger partial charge in [-0.05, 0) is 35.6 Å². The van der Waals surface area contributed by atoms with Crippen LogP contribution in [0.4, 0.5) is 0 Å². The molecule has 4 rings (SSSR count). The van der Waals surface area contributed by atoms with Crippen molar-refractivity contribution in [2.45, 2.75) is 25.9 Å². The van der Waals surface area contributed by atoms with E-state index in [1.807, 2.05) is 78.9 Å². The molecule has 176 valence electrons. The van der Waals surface area contributed by atoms with Crippen LogP contribution in [0, 0.1) is 0 Å². The monoisotopic (exact) mass is 494 g/mol. The zero-order valence-corrected chi connectivity index (χ0v) is 21.2. The van der Waals surface area contributed by atoms with Crippen molar-refractivity contribution < 1.29 is 9.59 Å². The molecule has 0 aliphatic carbocycles. The first-order valence-electron chi connectivity index (χ1n) is 11.0. The first-order chi connectivity index (χ1) is 16.3. The minimum atomic E-state index is -0.395. The summed E-state index contributed by atoms with van der Waals surface area (Å²) in [5.41, 5.74) is 4.09. The lowest BCUT2D eigenvalue weighted by atomic mass is 9.93. The van der Waals surface area contributed by atoms with Gasteiger partial charge >= 0.3 is 0 Å². The number of thioether (sulfide) groups is 1. The molecule has 1 atom stereocenters. The number of carbonyl (C=O) groups excluding carboxylic acids is 2. The van der Waals surface area contributed by atoms with E-state index < -0.39 is 6.04 Å². The van der Waals surface area contributed by atoms with Crippen molar-refractivity contribution in [2.75, 3.05) is 21.1 Å². The number of hydrogen-bond acceptors (Lipinski definition) is 5. The molecule has 0 N–H and O–H groups in total. The van der Waals surface area contributed by atoms with Gasteiger partial charge in [-0.15, -0.1) is 0 Å². The summed E-state index contributed by atoms with van der Waals surface area (Å²) in [7, 11) is 5.28. The zero-order chi connectivity index (χ0) is 24.4. The Morgan fingerprint density at radius 1 is 1.06 bits per heavy atom. The van der Waals surface area contributed by atoms with Crippen LogP contribution in [0.15, 0.2) is 82.0 Å². The Balaban J connectivity index is 1.64. The third-order valence-electron chi connectivity index (χ3n) is 5.84. The molecule has 0 saturated carbocycles. The number of likely N-dealkylation sites (N-methyl/N-ethyl adjacent to an activating group) is 1. The minimum Gasteiger partial charge on any atom is -0.345 e. The number of hydrogen-bond donors (Lipinski definition) is 0. The number of fused-ring (bicyclic) bond motifs is 1. The molecule has 2 aliphatic heterocycles. The molecule has 0 saturated heterocycles. The molecule has 2 heterocycles. The number of allylic oxidation sites excluding steroid dienone is 1. The molecule has 2 aromatic rings. The van der Waals surface area contributed by atoms with Crippen LogP contribution < -0.4 is 0 Å². The smallest absolute Gasteiger partial charge is 0.253 e. The van der Waals surface area contributed by atoms with E-state index in [1.54, 1.807) is 23.9 Å². The fourth-order valence-electron chi connectivity index (χ4n) is 4.08. The predicted molar refractivity (Wildman–Crippen MR) is 138 cm³/mol. The van der Waals surface area contributed by atoms with Crippen molar-refractivity contribution in [3.63, 3.8) is 0 Å². The fourth-order valence-corrected chi connectivity index (χ4v) is 5.17. The lowest BCUT2D eigenvalue weighted by molar-refractivity contribution is -0.129. The Hall–Kier alpha value is -3.03. The maximum absolute atomic E-state index is 13.2.